The van der Waals surface area contributed by atoms with Crippen molar-refractivity contribution in [2.75, 3.05) is 26.3 Å². The average Bonchev–Trinajstić information content (AvgIpc) is 2.35. The zero-order valence-corrected chi connectivity index (χ0v) is 11.8. The lowest BCUT2D eigenvalue weighted by atomic mass is 9.67. The molecular weight excluding hydrogens is 228 g/mol. The van der Waals surface area contributed by atoms with E-state index < -0.39 is 0 Å². The molecule has 1 rings (SSSR count). The van der Waals surface area contributed by atoms with Crippen LogP contribution in [0.25, 0.3) is 0 Å². The molecule has 0 atom stereocenters. The van der Waals surface area contributed by atoms with Gasteiger partial charge in [0.2, 0.25) is 5.96 Å². The van der Waals surface area contributed by atoms with Crippen molar-refractivity contribution >= 4 is 5.96 Å². The van der Waals surface area contributed by atoms with Gasteiger partial charge in [-0.25, -0.2) is 5.84 Å². The smallest absolute Gasteiger partial charge is 0.205 e. The van der Waals surface area contributed by atoms with Gasteiger partial charge in [0.15, 0.2) is 0 Å². The van der Waals surface area contributed by atoms with Crippen LogP contribution in [0.5, 0.6) is 0 Å². The molecule has 1 aliphatic rings. The van der Waals surface area contributed by atoms with Gasteiger partial charge in [0, 0.05) is 26.3 Å². The first-order valence-electron chi connectivity index (χ1n) is 7.09. The van der Waals surface area contributed by atoms with Crippen molar-refractivity contribution in [1.82, 2.24) is 10.7 Å². The molecule has 0 spiro atoms. The van der Waals surface area contributed by atoms with E-state index in [1.165, 1.54) is 25.7 Å². The molecule has 0 radical (unpaired) electrons. The molecule has 0 heterocycles. The van der Waals surface area contributed by atoms with Crippen LogP contribution in [0.4, 0.5) is 0 Å². The maximum atomic E-state index is 5.47. The molecule has 106 valence electrons. The molecule has 0 amide bonds. The van der Waals surface area contributed by atoms with Gasteiger partial charge in [0.25, 0.3) is 0 Å². The van der Waals surface area contributed by atoms with Gasteiger partial charge < -0.3 is 10.1 Å². The van der Waals surface area contributed by atoms with Crippen molar-refractivity contribution in [2.45, 2.75) is 46.0 Å². The van der Waals surface area contributed by atoms with Crippen LogP contribution in [0.3, 0.4) is 0 Å². The van der Waals surface area contributed by atoms with Crippen LogP contribution in [-0.2, 0) is 4.74 Å². The topological polar surface area (TPSA) is 71.7 Å². The summed E-state index contributed by atoms with van der Waals surface area (Å²) in [5.74, 6) is 6.17. The molecule has 0 aliphatic heterocycles. The summed E-state index contributed by atoms with van der Waals surface area (Å²) in [5.41, 5.74) is 3.08. The molecule has 4 N–H and O–H groups in total. The maximum absolute atomic E-state index is 5.47. The van der Waals surface area contributed by atoms with Crippen LogP contribution in [0.15, 0.2) is 4.99 Å². The van der Waals surface area contributed by atoms with Crippen molar-refractivity contribution in [3.63, 3.8) is 0 Å². The van der Waals surface area contributed by atoms with E-state index in [0.717, 1.165) is 32.7 Å². The van der Waals surface area contributed by atoms with Crippen LogP contribution >= 0.6 is 0 Å². The normalized spacial score (nSPS) is 18.3. The summed E-state index contributed by atoms with van der Waals surface area (Å²) in [6.45, 7) is 7.52. The SMILES string of the molecule is CCOCCCNC(=NCC1(CC)CCC1)NN. The molecule has 0 unspecified atom stereocenters. The molecule has 0 aromatic carbocycles. The number of hydrogen-bond acceptors (Lipinski definition) is 3. The lowest BCUT2D eigenvalue weighted by molar-refractivity contribution is 0.139. The molecule has 1 fully saturated rings. The lowest BCUT2D eigenvalue weighted by Crippen LogP contribution is -2.43. The fourth-order valence-corrected chi connectivity index (χ4v) is 2.22. The number of nitrogens with zero attached hydrogens (tertiary/aromatic N) is 1. The quantitative estimate of drug-likeness (QED) is 0.202. The number of guanidine groups is 1. The first kappa shape index (κ1) is 15.2. The monoisotopic (exact) mass is 256 g/mol. The first-order valence-corrected chi connectivity index (χ1v) is 7.09. The molecule has 1 saturated carbocycles. The van der Waals surface area contributed by atoms with Crippen molar-refractivity contribution in [3.8, 4) is 0 Å². The van der Waals surface area contributed by atoms with Crippen LogP contribution in [0.1, 0.15) is 46.0 Å². The Kier molecular flexibility index (Phi) is 7.05. The number of nitrogens with two attached hydrogens (primary N) is 1. The van der Waals surface area contributed by atoms with E-state index in [1.807, 2.05) is 6.92 Å². The van der Waals surface area contributed by atoms with E-state index in [-0.39, 0.29) is 0 Å². The van der Waals surface area contributed by atoms with Gasteiger partial charge in [-0.15, -0.1) is 0 Å². The fourth-order valence-electron chi connectivity index (χ4n) is 2.22. The molecule has 5 nitrogen and oxygen atoms in total. The summed E-state index contributed by atoms with van der Waals surface area (Å²) in [5, 5.41) is 3.21. The van der Waals surface area contributed by atoms with Gasteiger partial charge in [-0.1, -0.05) is 13.3 Å². The van der Waals surface area contributed by atoms with Gasteiger partial charge in [-0.2, -0.15) is 0 Å². The largest absolute Gasteiger partial charge is 0.382 e. The zero-order valence-electron chi connectivity index (χ0n) is 11.8. The molecule has 0 aromatic rings. The highest BCUT2D eigenvalue weighted by atomic mass is 16.5. The van der Waals surface area contributed by atoms with Crippen molar-refractivity contribution < 1.29 is 4.74 Å². The van der Waals surface area contributed by atoms with Crippen LogP contribution < -0.4 is 16.6 Å². The molecule has 0 saturated heterocycles. The van der Waals surface area contributed by atoms with Crippen molar-refractivity contribution in [2.24, 2.45) is 16.3 Å². The molecule has 0 aromatic heterocycles. The highest BCUT2D eigenvalue weighted by molar-refractivity contribution is 5.79. The Balaban J connectivity index is 2.22. The Morgan fingerprint density at radius 2 is 2.17 bits per heavy atom. The summed E-state index contributed by atoms with van der Waals surface area (Å²) >= 11 is 0. The number of aliphatic imine (C=N–C) groups is 1. The number of hydrazine groups is 1. The van der Waals surface area contributed by atoms with Gasteiger partial charge in [0.1, 0.15) is 0 Å². The Labute approximate surface area is 111 Å². The predicted octanol–water partition coefficient (Wildman–Crippen LogP) is 1.40. The summed E-state index contributed by atoms with van der Waals surface area (Å²) in [4.78, 5) is 4.55. The Bertz CT molecular complexity index is 246. The fraction of sp³-hybridized carbons (Fsp3) is 0.923. The second-order valence-corrected chi connectivity index (χ2v) is 4.99. The Hall–Kier alpha value is -0.810. The van der Waals surface area contributed by atoms with Gasteiger partial charge in [0.05, 0.1) is 0 Å². The molecule has 18 heavy (non-hydrogen) atoms. The third-order valence-electron chi connectivity index (χ3n) is 3.84. The first-order chi connectivity index (χ1) is 8.76. The summed E-state index contributed by atoms with van der Waals surface area (Å²) in [6.07, 6.45) is 6.12. The van der Waals surface area contributed by atoms with Crippen molar-refractivity contribution in [1.29, 1.82) is 0 Å². The van der Waals surface area contributed by atoms with Crippen LogP contribution in [0.2, 0.25) is 0 Å². The van der Waals surface area contributed by atoms with E-state index in [9.17, 15) is 0 Å². The minimum Gasteiger partial charge on any atom is -0.382 e. The zero-order chi connectivity index (χ0) is 13.3. The van der Waals surface area contributed by atoms with E-state index in [1.54, 1.807) is 0 Å². The minimum absolute atomic E-state index is 0.440. The van der Waals surface area contributed by atoms with E-state index >= 15 is 0 Å². The van der Waals surface area contributed by atoms with E-state index in [0.29, 0.717) is 11.4 Å². The molecule has 0 bridgehead atoms. The standard InChI is InChI=1S/C13H28N4O/c1-3-13(7-5-8-13)11-16-12(17-14)15-9-6-10-18-4-2/h3-11,14H2,1-2H3,(H2,15,16,17). The Morgan fingerprint density at radius 3 is 2.67 bits per heavy atom. The number of nitrogens with one attached hydrogen (secondary N) is 2. The molecular formula is C13H28N4O. The van der Waals surface area contributed by atoms with Crippen molar-refractivity contribution in [3.05, 3.63) is 0 Å². The van der Waals surface area contributed by atoms with Crippen LogP contribution in [-0.4, -0.2) is 32.3 Å². The second-order valence-electron chi connectivity index (χ2n) is 4.99. The summed E-state index contributed by atoms with van der Waals surface area (Å²) in [7, 11) is 0. The third kappa shape index (κ3) is 4.82. The molecule has 1 aliphatic carbocycles. The minimum atomic E-state index is 0.440. The third-order valence-corrected chi connectivity index (χ3v) is 3.84. The van der Waals surface area contributed by atoms with Gasteiger partial charge in [-0.05, 0) is 38.0 Å². The average molecular weight is 256 g/mol. The number of ether oxygens (including phenoxy) is 1. The lowest BCUT2D eigenvalue weighted by Gasteiger charge is -2.40. The van der Waals surface area contributed by atoms with Gasteiger partial charge >= 0.3 is 0 Å². The highest BCUT2D eigenvalue weighted by Crippen LogP contribution is 2.43. The molecule has 5 heteroatoms. The second kappa shape index (κ2) is 8.32. The van der Waals surface area contributed by atoms with E-state index in [4.69, 9.17) is 10.6 Å². The summed E-state index contributed by atoms with van der Waals surface area (Å²) in [6, 6.07) is 0. The maximum Gasteiger partial charge on any atom is 0.205 e. The van der Waals surface area contributed by atoms with Crippen LogP contribution in [0, 0.1) is 5.41 Å². The summed E-state index contributed by atoms with van der Waals surface area (Å²) < 4.78 is 5.28. The Morgan fingerprint density at radius 1 is 1.39 bits per heavy atom. The van der Waals surface area contributed by atoms with E-state index in [2.05, 4.69) is 22.7 Å². The number of rotatable bonds is 8. The predicted molar refractivity (Wildman–Crippen MR) is 75.3 cm³/mol. The van der Waals surface area contributed by atoms with Gasteiger partial charge in [-0.3, -0.25) is 10.4 Å². The number of hydrogen-bond donors (Lipinski definition) is 3. The highest BCUT2D eigenvalue weighted by Gasteiger charge is 2.34.